The molecule has 8 rings (SSSR count). The number of carboxylic acid groups (broad SMARTS) is 2. The van der Waals surface area contributed by atoms with Gasteiger partial charge in [0.15, 0.2) is 23.1 Å². The number of aliphatic carboxylic acids is 2. The molecule has 6 fully saturated rings. The quantitative estimate of drug-likeness (QED) is 0.131. The molecule has 6 N–H and O–H groups in total. The van der Waals surface area contributed by atoms with Gasteiger partial charge in [0.25, 0.3) is 0 Å². The minimum Gasteiger partial charge on any atom is -0.550 e. The summed E-state index contributed by atoms with van der Waals surface area (Å²) in [4.78, 5) is 67.7. The maximum absolute atomic E-state index is 12.4. The Morgan fingerprint density at radius 1 is 0.641 bits per heavy atom. The molecule has 0 spiro atoms. The molecular formula is C48H64Na2O14. The molecule has 8 aliphatic carbocycles. The average Bonchev–Trinajstić information content (AvgIpc) is 3.63. The van der Waals surface area contributed by atoms with Crippen LogP contribution < -0.4 is 69.3 Å². The number of aliphatic hydroxyl groups is 6. The number of carbonyl (C=O) groups is 6. The third kappa shape index (κ3) is 8.81. The minimum atomic E-state index is -1.57. The smallest absolute Gasteiger partial charge is 0.550 e. The molecule has 16 heteroatoms. The van der Waals surface area contributed by atoms with Crippen LogP contribution in [0.15, 0.2) is 47.6 Å². The summed E-state index contributed by atoms with van der Waals surface area (Å²) < 4.78 is 0. The molecule has 16 atom stereocenters. The van der Waals surface area contributed by atoms with Crippen LogP contribution in [0.1, 0.15) is 106 Å². The Hall–Kier alpha value is -1.66. The first-order chi connectivity index (χ1) is 28.8. The van der Waals surface area contributed by atoms with Gasteiger partial charge in [0.2, 0.25) is 0 Å². The fourth-order valence-corrected chi connectivity index (χ4v) is 14.9. The van der Waals surface area contributed by atoms with Crippen molar-refractivity contribution >= 4 is 35.1 Å². The van der Waals surface area contributed by atoms with E-state index in [1.54, 1.807) is 24.3 Å². The van der Waals surface area contributed by atoms with E-state index < -0.39 is 83.8 Å². The van der Waals surface area contributed by atoms with Crippen LogP contribution in [0, 0.1) is 69.0 Å². The molecule has 342 valence electrons. The van der Waals surface area contributed by atoms with E-state index in [0.29, 0.717) is 25.7 Å². The summed E-state index contributed by atoms with van der Waals surface area (Å²) in [5, 5.41) is 82.7. The zero-order valence-electron chi connectivity index (χ0n) is 38.7. The van der Waals surface area contributed by atoms with E-state index in [1.807, 2.05) is 26.0 Å². The number of hydrogen-bond donors (Lipinski definition) is 6. The third-order valence-corrected chi connectivity index (χ3v) is 17.7. The number of Topliss-reactive ketones (excluding diaryl/α,β-unsaturated/α-hetero) is 2. The molecule has 0 saturated heterocycles. The van der Waals surface area contributed by atoms with Gasteiger partial charge in [-0.1, -0.05) is 64.8 Å². The fourth-order valence-electron chi connectivity index (χ4n) is 14.9. The summed E-state index contributed by atoms with van der Waals surface area (Å²) in [6, 6.07) is 0. The van der Waals surface area contributed by atoms with Gasteiger partial charge in [0, 0.05) is 45.4 Å². The largest absolute Gasteiger partial charge is 1.00 e. The van der Waals surface area contributed by atoms with Crippen molar-refractivity contribution in [2.75, 3.05) is 13.2 Å². The Morgan fingerprint density at radius 2 is 0.969 bits per heavy atom. The first-order valence-corrected chi connectivity index (χ1v) is 22.2. The predicted molar refractivity (Wildman–Crippen MR) is 218 cm³/mol. The van der Waals surface area contributed by atoms with Gasteiger partial charge in [-0.2, -0.15) is 0 Å². The number of rotatable bonds is 7. The van der Waals surface area contributed by atoms with Crippen LogP contribution in [-0.4, -0.2) is 102 Å². The first kappa shape index (κ1) is 54.9. The number of carbonyl (C=O) groups excluding carboxylic acids is 6. The van der Waals surface area contributed by atoms with E-state index in [4.69, 9.17) is 0 Å². The fraction of sp³-hybridized carbons (Fsp3) is 0.708. The van der Waals surface area contributed by atoms with Gasteiger partial charge in [-0.25, -0.2) is 0 Å². The van der Waals surface area contributed by atoms with Gasteiger partial charge in [-0.15, -0.1) is 0 Å². The maximum Gasteiger partial charge on any atom is 1.00 e. The molecule has 0 radical (unpaired) electrons. The Morgan fingerprint density at radius 3 is 1.27 bits per heavy atom. The Labute approximate surface area is 419 Å². The minimum absolute atomic E-state index is 0. The Kier molecular flexibility index (Phi) is 17.0. The number of ketones is 4. The molecule has 64 heavy (non-hydrogen) atoms. The summed E-state index contributed by atoms with van der Waals surface area (Å²) in [6.07, 6.45) is 12.8. The topological polar surface area (TPSA) is 270 Å². The van der Waals surface area contributed by atoms with Crippen molar-refractivity contribution in [1.29, 1.82) is 0 Å². The van der Waals surface area contributed by atoms with Crippen molar-refractivity contribution in [2.24, 2.45) is 69.0 Å². The summed E-state index contributed by atoms with van der Waals surface area (Å²) in [7, 11) is 0. The molecule has 6 saturated carbocycles. The van der Waals surface area contributed by atoms with E-state index in [2.05, 4.69) is 27.7 Å². The number of hydrogen-bond acceptors (Lipinski definition) is 14. The van der Waals surface area contributed by atoms with Crippen LogP contribution in [0.3, 0.4) is 0 Å². The van der Waals surface area contributed by atoms with Gasteiger partial charge in [-0.3, -0.25) is 19.2 Å². The SMILES string of the molecule is C[C@H]1CC2C(C(O)C[C@@]3(C)C2CC[C@]3(O)C(=O)CO)[C@@]2(C)C=CC(=O)C=C12.C[C@H]1C[C@@H]2C3CC[C@](O)(C(=O)CO)[C@@]3(C)CC(O)[C@H]2[C@@]2(C)C=CC(=O)C=C12.O=C([O-])CCC(=O)[O-].[Na+].[Na+]. The van der Waals surface area contributed by atoms with Crippen molar-refractivity contribution in [3.63, 3.8) is 0 Å². The molecule has 0 aromatic rings. The van der Waals surface area contributed by atoms with Crippen LogP contribution in [0.5, 0.6) is 0 Å². The second-order valence-electron chi connectivity index (χ2n) is 20.7. The van der Waals surface area contributed by atoms with Crippen molar-refractivity contribution in [2.45, 2.75) is 129 Å². The summed E-state index contributed by atoms with van der Waals surface area (Å²) in [5.41, 5.74) is -3.18. The zero-order chi connectivity index (χ0) is 46.1. The maximum atomic E-state index is 12.4. The molecule has 6 unspecified atom stereocenters. The molecule has 0 aliphatic heterocycles. The van der Waals surface area contributed by atoms with Crippen molar-refractivity contribution in [1.82, 2.24) is 0 Å². The van der Waals surface area contributed by atoms with Crippen molar-refractivity contribution < 1.29 is 129 Å². The van der Waals surface area contributed by atoms with Crippen molar-refractivity contribution in [3.05, 3.63) is 47.6 Å². The zero-order valence-corrected chi connectivity index (χ0v) is 42.7. The summed E-state index contributed by atoms with van der Waals surface area (Å²) in [5.74, 6) is -2.89. The third-order valence-electron chi connectivity index (χ3n) is 17.7. The second kappa shape index (κ2) is 19.7. The Balaban J connectivity index is 0.000000234. The predicted octanol–water partition coefficient (Wildman–Crippen LogP) is -5.12. The molecule has 0 aromatic carbocycles. The Bertz CT molecular complexity index is 1870. The van der Waals surface area contributed by atoms with E-state index >= 15 is 0 Å². The molecular weight excluding hydrogens is 846 g/mol. The van der Waals surface area contributed by atoms with Gasteiger partial charge >= 0.3 is 59.1 Å². The van der Waals surface area contributed by atoms with Crippen LogP contribution in [-0.2, 0) is 28.8 Å². The number of aliphatic hydroxyl groups excluding tert-OH is 4. The number of allylic oxidation sites excluding steroid dienone is 8. The molecule has 0 bridgehead atoms. The number of carboxylic acids is 2. The molecule has 14 nitrogen and oxygen atoms in total. The van der Waals surface area contributed by atoms with Gasteiger partial charge in [0.1, 0.15) is 24.4 Å². The van der Waals surface area contributed by atoms with E-state index in [-0.39, 0.29) is 129 Å². The van der Waals surface area contributed by atoms with E-state index in [0.717, 1.165) is 36.8 Å². The average molecular weight is 911 g/mol. The van der Waals surface area contributed by atoms with Crippen LogP contribution in [0.4, 0.5) is 0 Å². The standard InChI is InChI=1S/2C22H30O5.C4H6O4.2Na/c2*1-12-8-14-15-5-7-22(27,18(26)11-23)21(15,3)10-17(25)19(14)20(2)6-4-13(24)9-16(12)20;5-3(6)1-2-4(7)8;;/h2*4,6,9,12,14-15,17,19,23,25,27H,5,7-8,10-11H2,1-3H3;1-2H2,(H,5,6)(H,7,8);;/q;;;2*+1/p-2/t12-,14?,15?,17?,19?,20-,21-,22-;12-,14+,15?,17?,19-,20-,21-,22-;;;/m00.../s1. The van der Waals surface area contributed by atoms with Gasteiger partial charge in [0.05, 0.1) is 12.2 Å². The molecule has 0 amide bonds. The summed E-state index contributed by atoms with van der Waals surface area (Å²) >= 11 is 0. The van der Waals surface area contributed by atoms with Gasteiger partial charge in [-0.05, 0) is 124 Å². The second-order valence-corrected chi connectivity index (χ2v) is 20.7. The van der Waals surface area contributed by atoms with Crippen molar-refractivity contribution in [3.8, 4) is 0 Å². The normalized spacial score (nSPS) is 44.3. The molecule has 0 heterocycles. The van der Waals surface area contributed by atoms with Crippen LogP contribution >= 0.6 is 0 Å². The van der Waals surface area contributed by atoms with Crippen LogP contribution in [0.2, 0.25) is 0 Å². The number of fused-ring (bicyclic) bond motifs is 10. The first-order valence-electron chi connectivity index (χ1n) is 22.2. The summed E-state index contributed by atoms with van der Waals surface area (Å²) in [6.45, 7) is 11.0. The molecule has 0 aromatic heterocycles. The monoisotopic (exact) mass is 910 g/mol. The van der Waals surface area contributed by atoms with E-state index in [1.165, 1.54) is 0 Å². The van der Waals surface area contributed by atoms with E-state index in [9.17, 15) is 69.6 Å². The van der Waals surface area contributed by atoms with Crippen LogP contribution in [0.25, 0.3) is 0 Å². The van der Waals surface area contributed by atoms with Gasteiger partial charge < -0.3 is 50.4 Å². The molecule has 8 aliphatic rings.